The first-order chi connectivity index (χ1) is 13.1. The average Bonchev–Trinajstić information content (AvgIpc) is 2.60. The van der Waals surface area contributed by atoms with Crippen LogP contribution in [0.5, 0.6) is 0 Å². The van der Waals surface area contributed by atoms with Crippen molar-refractivity contribution < 1.29 is 27.5 Å². The molecule has 0 saturated heterocycles. The van der Waals surface area contributed by atoms with E-state index in [9.17, 15) is 22.8 Å². The Kier molecular flexibility index (Phi) is 6.90. The van der Waals surface area contributed by atoms with Crippen molar-refractivity contribution in [3.63, 3.8) is 0 Å². The van der Waals surface area contributed by atoms with Crippen LogP contribution in [-0.2, 0) is 22.3 Å². The molecule has 0 aliphatic heterocycles. The van der Waals surface area contributed by atoms with Crippen LogP contribution in [0.25, 0.3) is 0 Å². The van der Waals surface area contributed by atoms with Crippen LogP contribution in [0, 0.1) is 0 Å². The van der Waals surface area contributed by atoms with Gasteiger partial charge in [0.25, 0.3) is 0 Å². The summed E-state index contributed by atoms with van der Waals surface area (Å²) in [6.45, 7) is 3.29. The zero-order chi connectivity index (χ0) is 20.9. The van der Waals surface area contributed by atoms with Gasteiger partial charge in [0.15, 0.2) is 0 Å². The minimum atomic E-state index is -4.48. The zero-order valence-corrected chi connectivity index (χ0v) is 15.9. The highest BCUT2D eigenvalue weighted by atomic mass is 35.5. The Morgan fingerprint density at radius 2 is 1.82 bits per heavy atom. The topological polar surface area (TPSA) is 67.4 Å². The maximum absolute atomic E-state index is 12.7. The van der Waals surface area contributed by atoms with Gasteiger partial charge >= 0.3 is 12.1 Å². The number of ether oxygens (including phenoxy) is 1. The van der Waals surface area contributed by atoms with E-state index in [1.165, 1.54) is 31.2 Å². The predicted molar refractivity (Wildman–Crippen MR) is 100 cm³/mol. The van der Waals surface area contributed by atoms with E-state index in [0.717, 1.165) is 12.1 Å². The summed E-state index contributed by atoms with van der Waals surface area (Å²) in [5.74, 6) is -0.855. The Morgan fingerprint density at radius 1 is 1.11 bits per heavy atom. The fourth-order valence-electron chi connectivity index (χ4n) is 2.39. The van der Waals surface area contributed by atoms with Gasteiger partial charge in [-0.2, -0.15) is 13.2 Å². The Labute approximate surface area is 164 Å². The smallest absolute Gasteiger partial charge is 0.416 e. The van der Waals surface area contributed by atoms with Crippen LogP contribution in [0.4, 0.5) is 24.5 Å². The molecule has 2 aromatic carbocycles. The number of rotatable bonds is 6. The molecule has 0 spiro atoms. The third kappa shape index (κ3) is 5.63. The first-order valence-electron chi connectivity index (χ1n) is 8.30. The van der Waals surface area contributed by atoms with Crippen LogP contribution in [0.2, 0.25) is 5.02 Å². The first kappa shape index (κ1) is 21.6. The normalized spacial score (nSPS) is 11.1. The van der Waals surface area contributed by atoms with E-state index in [1.807, 2.05) is 0 Å². The molecule has 0 aromatic heterocycles. The molecule has 0 saturated carbocycles. The lowest BCUT2D eigenvalue weighted by Gasteiger charge is -2.15. The van der Waals surface area contributed by atoms with Crippen LogP contribution in [-0.4, -0.2) is 18.5 Å². The van der Waals surface area contributed by atoms with Gasteiger partial charge < -0.3 is 15.4 Å². The maximum Gasteiger partial charge on any atom is 0.416 e. The van der Waals surface area contributed by atoms with Crippen molar-refractivity contribution in [2.24, 2.45) is 0 Å². The molecule has 1 amide bonds. The van der Waals surface area contributed by atoms with Crippen LogP contribution in [0.15, 0.2) is 36.4 Å². The molecular formula is C19H18ClF3N2O3. The van der Waals surface area contributed by atoms with E-state index in [0.29, 0.717) is 16.9 Å². The standard InChI is InChI=1S/C19H18ClF3N2O3/c1-3-28-18(27)12-5-7-16(25-11(2)26)17(8-12)24-10-13-4-6-14(9-15(13)20)19(21,22)23/h4-9,24H,3,10H2,1-2H3,(H,25,26). The number of benzene rings is 2. The largest absolute Gasteiger partial charge is 0.462 e. The summed E-state index contributed by atoms with van der Waals surface area (Å²) < 4.78 is 43.2. The van der Waals surface area contributed by atoms with Gasteiger partial charge in [-0.25, -0.2) is 4.79 Å². The summed E-state index contributed by atoms with van der Waals surface area (Å²) in [4.78, 5) is 23.3. The van der Waals surface area contributed by atoms with E-state index >= 15 is 0 Å². The molecule has 0 unspecified atom stereocenters. The molecule has 9 heteroatoms. The fraction of sp³-hybridized carbons (Fsp3) is 0.263. The number of amides is 1. The molecule has 0 bridgehead atoms. The molecule has 0 aliphatic carbocycles. The van der Waals surface area contributed by atoms with Gasteiger partial charge in [-0.1, -0.05) is 17.7 Å². The maximum atomic E-state index is 12.7. The molecule has 150 valence electrons. The highest BCUT2D eigenvalue weighted by Crippen LogP contribution is 2.32. The number of nitrogens with one attached hydrogen (secondary N) is 2. The number of carbonyl (C=O) groups excluding carboxylic acids is 2. The van der Waals surface area contributed by atoms with Crippen molar-refractivity contribution in [3.8, 4) is 0 Å². The number of hydrogen-bond donors (Lipinski definition) is 2. The quantitative estimate of drug-likeness (QED) is 0.645. The van der Waals surface area contributed by atoms with Gasteiger partial charge in [-0.3, -0.25) is 4.79 Å². The number of hydrogen-bond acceptors (Lipinski definition) is 4. The van der Waals surface area contributed by atoms with Crippen molar-refractivity contribution in [2.45, 2.75) is 26.6 Å². The molecule has 0 radical (unpaired) electrons. The minimum absolute atomic E-state index is 0.0510. The Balaban J connectivity index is 2.27. The van der Waals surface area contributed by atoms with Gasteiger partial charge in [0.1, 0.15) is 0 Å². The summed E-state index contributed by atoms with van der Waals surface area (Å²) >= 11 is 5.96. The fourth-order valence-corrected chi connectivity index (χ4v) is 2.64. The van der Waals surface area contributed by atoms with E-state index in [4.69, 9.17) is 16.3 Å². The van der Waals surface area contributed by atoms with Crippen molar-refractivity contribution in [1.29, 1.82) is 0 Å². The van der Waals surface area contributed by atoms with Crippen molar-refractivity contribution in [1.82, 2.24) is 0 Å². The van der Waals surface area contributed by atoms with E-state index in [-0.39, 0.29) is 29.6 Å². The number of alkyl halides is 3. The third-order valence-electron chi connectivity index (χ3n) is 3.69. The number of halogens is 4. The molecule has 0 heterocycles. The second-order valence-electron chi connectivity index (χ2n) is 5.82. The van der Waals surface area contributed by atoms with Gasteiger partial charge in [0.05, 0.1) is 29.1 Å². The van der Waals surface area contributed by atoms with Gasteiger partial charge in [-0.15, -0.1) is 0 Å². The average molecular weight is 415 g/mol. The lowest BCUT2D eigenvalue weighted by molar-refractivity contribution is -0.137. The summed E-state index contributed by atoms with van der Waals surface area (Å²) in [6, 6.07) is 7.57. The van der Waals surface area contributed by atoms with E-state index in [1.54, 1.807) is 6.92 Å². The van der Waals surface area contributed by atoms with Crippen molar-refractivity contribution >= 4 is 34.9 Å². The molecule has 2 rings (SSSR count). The molecule has 0 aliphatic rings. The van der Waals surface area contributed by atoms with Crippen molar-refractivity contribution in [3.05, 3.63) is 58.1 Å². The highest BCUT2D eigenvalue weighted by molar-refractivity contribution is 6.31. The Hall–Kier alpha value is -2.74. The molecule has 0 atom stereocenters. The summed E-state index contributed by atoms with van der Waals surface area (Å²) in [5, 5.41) is 5.55. The number of anilines is 2. The Morgan fingerprint density at radius 3 is 2.39 bits per heavy atom. The highest BCUT2D eigenvalue weighted by Gasteiger charge is 2.30. The first-order valence-corrected chi connectivity index (χ1v) is 8.68. The van der Waals surface area contributed by atoms with Crippen LogP contribution >= 0.6 is 11.6 Å². The second kappa shape index (κ2) is 8.97. The van der Waals surface area contributed by atoms with Crippen LogP contribution in [0.3, 0.4) is 0 Å². The lowest BCUT2D eigenvalue weighted by Crippen LogP contribution is -2.12. The monoisotopic (exact) mass is 414 g/mol. The number of esters is 1. The van der Waals surface area contributed by atoms with Crippen LogP contribution < -0.4 is 10.6 Å². The molecule has 28 heavy (non-hydrogen) atoms. The second-order valence-corrected chi connectivity index (χ2v) is 6.23. The molecule has 2 aromatic rings. The van der Waals surface area contributed by atoms with E-state index < -0.39 is 17.7 Å². The third-order valence-corrected chi connectivity index (χ3v) is 4.04. The SMILES string of the molecule is CCOC(=O)c1ccc(NC(C)=O)c(NCc2ccc(C(F)(F)F)cc2Cl)c1. The number of carbonyl (C=O) groups is 2. The predicted octanol–water partition coefficient (Wildman–Crippen LogP) is 5.11. The molecule has 5 nitrogen and oxygen atoms in total. The molecule has 2 N–H and O–H groups in total. The molecule has 0 fully saturated rings. The van der Waals surface area contributed by atoms with Gasteiger partial charge in [-0.05, 0) is 42.8 Å². The van der Waals surface area contributed by atoms with Gasteiger partial charge in [0.2, 0.25) is 5.91 Å². The lowest BCUT2D eigenvalue weighted by atomic mass is 10.1. The van der Waals surface area contributed by atoms with Crippen molar-refractivity contribution in [2.75, 3.05) is 17.2 Å². The summed E-state index contributed by atoms with van der Waals surface area (Å²) in [6.07, 6.45) is -4.48. The Bertz CT molecular complexity index is 885. The van der Waals surface area contributed by atoms with Crippen LogP contribution in [0.1, 0.15) is 35.3 Å². The zero-order valence-electron chi connectivity index (χ0n) is 15.1. The summed E-state index contributed by atoms with van der Waals surface area (Å²) in [5.41, 5.74) is 0.645. The summed E-state index contributed by atoms with van der Waals surface area (Å²) in [7, 11) is 0. The van der Waals surface area contributed by atoms with E-state index in [2.05, 4.69) is 10.6 Å². The minimum Gasteiger partial charge on any atom is -0.462 e. The van der Waals surface area contributed by atoms with Gasteiger partial charge in [0, 0.05) is 18.5 Å². The molecular weight excluding hydrogens is 397 g/mol.